The summed E-state index contributed by atoms with van der Waals surface area (Å²) < 4.78 is 0. The van der Waals surface area contributed by atoms with Crippen molar-refractivity contribution in [3.63, 3.8) is 0 Å². The second kappa shape index (κ2) is 7.77. The van der Waals surface area contributed by atoms with Crippen molar-refractivity contribution in [3.05, 3.63) is 35.4 Å². The molecule has 1 unspecified atom stereocenters. The van der Waals surface area contributed by atoms with E-state index in [-0.39, 0.29) is 11.6 Å². The molecule has 0 fully saturated rings. The number of nitrogens with zero attached hydrogens (tertiary/aromatic N) is 1. The summed E-state index contributed by atoms with van der Waals surface area (Å²) in [5, 5.41) is 0. The highest BCUT2D eigenvalue weighted by Gasteiger charge is 2.38. The topological polar surface area (TPSA) is 41.3 Å². The van der Waals surface area contributed by atoms with Gasteiger partial charge in [-0.1, -0.05) is 51.5 Å². The molecule has 0 bridgehead atoms. The summed E-state index contributed by atoms with van der Waals surface area (Å²) in [7, 11) is 4.28. The quantitative estimate of drug-likeness (QED) is 0.566. The van der Waals surface area contributed by atoms with Gasteiger partial charge in [-0.3, -0.25) is 11.3 Å². The van der Waals surface area contributed by atoms with Crippen molar-refractivity contribution in [3.8, 4) is 0 Å². The fourth-order valence-electron chi connectivity index (χ4n) is 3.28. The van der Waals surface area contributed by atoms with Crippen molar-refractivity contribution >= 4 is 0 Å². The molecule has 1 atom stereocenters. The maximum atomic E-state index is 5.90. The molecule has 3 N–H and O–H groups in total. The minimum atomic E-state index is 0.0427. The summed E-state index contributed by atoms with van der Waals surface area (Å²) in [6.07, 6.45) is 4.44. The van der Waals surface area contributed by atoms with Gasteiger partial charge >= 0.3 is 0 Å². The lowest BCUT2D eigenvalue weighted by molar-refractivity contribution is 0.0882. The molecule has 0 aromatic heterocycles. The van der Waals surface area contributed by atoms with E-state index in [1.165, 1.54) is 17.5 Å². The molecule has 0 radical (unpaired) electrons. The van der Waals surface area contributed by atoms with Crippen LogP contribution in [-0.2, 0) is 6.42 Å². The molecule has 1 aromatic rings. The first kappa shape index (κ1) is 17.2. The smallest absolute Gasteiger partial charge is 0.0643 e. The van der Waals surface area contributed by atoms with Crippen LogP contribution in [0.25, 0.3) is 0 Å². The lowest BCUT2D eigenvalue weighted by Gasteiger charge is -2.45. The lowest BCUT2D eigenvalue weighted by Crippen LogP contribution is -2.54. The molecule has 0 saturated carbocycles. The van der Waals surface area contributed by atoms with Gasteiger partial charge in [-0.15, -0.1) is 0 Å². The van der Waals surface area contributed by atoms with Crippen LogP contribution in [0.15, 0.2) is 24.3 Å². The molecule has 0 aliphatic rings. The third kappa shape index (κ3) is 3.40. The Bertz CT molecular complexity index is 380. The van der Waals surface area contributed by atoms with Gasteiger partial charge in [0.1, 0.15) is 0 Å². The zero-order valence-electron chi connectivity index (χ0n) is 13.7. The third-order valence-corrected chi connectivity index (χ3v) is 4.67. The van der Waals surface area contributed by atoms with Crippen LogP contribution in [-0.4, -0.2) is 24.5 Å². The highest BCUT2D eigenvalue weighted by atomic mass is 15.3. The molecule has 20 heavy (non-hydrogen) atoms. The zero-order valence-corrected chi connectivity index (χ0v) is 13.7. The van der Waals surface area contributed by atoms with Gasteiger partial charge in [-0.05, 0) is 44.5 Å². The van der Waals surface area contributed by atoms with E-state index in [2.05, 4.69) is 69.5 Å². The second-order valence-corrected chi connectivity index (χ2v) is 5.80. The first-order valence-corrected chi connectivity index (χ1v) is 7.78. The molecule has 0 saturated heterocycles. The van der Waals surface area contributed by atoms with Gasteiger partial charge in [0.05, 0.1) is 6.04 Å². The first-order valence-electron chi connectivity index (χ1n) is 7.78. The Morgan fingerprint density at radius 1 is 1.10 bits per heavy atom. The van der Waals surface area contributed by atoms with Gasteiger partial charge in [0.25, 0.3) is 0 Å². The number of benzene rings is 1. The SMILES string of the molecule is CCCc1ccc(C(NN)C(CC)(CC)N(C)C)cc1. The number of hydrogen-bond donors (Lipinski definition) is 2. The first-order chi connectivity index (χ1) is 9.55. The summed E-state index contributed by atoms with van der Waals surface area (Å²) in [4.78, 5) is 2.30. The lowest BCUT2D eigenvalue weighted by atomic mass is 9.79. The van der Waals surface area contributed by atoms with E-state index in [1.807, 2.05) is 0 Å². The van der Waals surface area contributed by atoms with E-state index in [1.54, 1.807) is 0 Å². The van der Waals surface area contributed by atoms with Crippen molar-refractivity contribution in [2.24, 2.45) is 5.84 Å². The molecule has 0 aliphatic heterocycles. The maximum Gasteiger partial charge on any atom is 0.0643 e. The zero-order chi connectivity index (χ0) is 15.2. The van der Waals surface area contributed by atoms with Crippen LogP contribution in [0, 0.1) is 0 Å². The fourth-order valence-corrected chi connectivity index (χ4v) is 3.28. The van der Waals surface area contributed by atoms with Gasteiger partial charge in [0.2, 0.25) is 0 Å². The summed E-state index contributed by atoms with van der Waals surface area (Å²) in [6, 6.07) is 9.05. The summed E-state index contributed by atoms with van der Waals surface area (Å²) in [5.74, 6) is 5.90. The van der Waals surface area contributed by atoms with Crippen LogP contribution in [0.5, 0.6) is 0 Å². The standard InChI is InChI=1S/C17H31N3/c1-6-9-14-10-12-15(13-11-14)16(19-18)17(7-2,8-3)20(4)5/h10-13,16,19H,6-9,18H2,1-5H3. The Balaban J connectivity index is 3.10. The molecular formula is C17H31N3. The molecule has 0 heterocycles. The van der Waals surface area contributed by atoms with Crippen molar-refractivity contribution in [2.45, 2.75) is 58.0 Å². The molecule has 3 nitrogen and oxygen atoms in total. The van der Waals surface area contributed by atoms with E-state index in [9.17, 15) is 0 Å². The maximum absolute atomic E-state index is 5.90. The number of hydrogen-bond acceptors (Lipinski definition) is 3. The molecule has 114 valence electrons. The number of nitrogens with one attached hydrogen (secondary N) is 1. The second-order valence-electron chi connectivity index (χ2n) is 5.80. The summed E-state index contributed by atoms with van der Waals surface area (Å²) in [6.45, 7) is 6.68. The number of likely N-dealkylation sites (N-methyl/N-ethyl adjacent to an activating group) is 1. The van der Waals surface area contributed by atoms with Crippen molar-refractivity contribution in [1.29, 1.82) is 0 Å². The molecule has 0 amide bonds. The molecule has 1 aromatic carbocycles. The number of aryl methyl sites for hydroxylation is 1. The van der Waals surface area contributed by atoms with Crippen LogP contribution >= 0.6 is 0 Å². The number of nitrogens with two attached hydrogens (primary N) is 1. The van der Waals surface area contributed by atoms with Gasteiger partial charge in [0.15, 0.2) is 0 Å². The molecule has 0 aliphatic carbocycles. The van der Waals surface area contributed by atoms with Crippen LogP contribution in [0.1, 0.15) is 57.2 Å². The van der Waals surface area contributed by atoms with E-state index in [4.69, 9.17) is 5.84 Å². The number of hydrazine groups is 1. The predicted molar refractivity (Wildman–Crippen MR) is 87.5 cm³/mol. The van der Waals surface area contributed by atoms with Gasteiger partial charge in [-0.2, -0.15) is 0 Å². The van der Waals surface area contributed by atoms with Crippen LogP contribution < -0.4 is 11.3 Å². The van der Waals surface area contributed by atoms with Gasteiger partial charge in [-0.25, -0.2) is 0 Å². The average Bonchev–Trinajstić information content (AvgIpc) is 2.46. The molecular weight excluding hydrogens is 246 g/mol. The van der Waals surface area contributed by atoms with E-state index in [0.29, 0.717) is 0 Å². The van der Waals surface area contributed by atoms with E-state index >= 15 is 0 Å². The minimum Gasteiger partial charge on any atom is -0.302 e. The Morgan fingerprint density at radius 2 is 1.65 bits per heavy atom. The van der Waals surface area contributed by atoms with Crippen molar-refractivity contribution < 1.29 is 0 Å². The summed E-state index contributed by atoms with van der Waals surface area (Å²) >= 11 is 0. The van der Waals surface area contributed by atoms with Gasteiger partial charge in [0, 0.05) is 5.54 Å². The normalized spacial score (nSPS) is 13.8. The fraction of sp³-hybridized carbons (Fsp3) is 0.647. The number of rotatable bonds is 8. The minimum absolute atomic E-state index is 0.0427. The van der Waals surface area contributed by atoms with Crippen molar-refractivity contribution in [1.82, 2.24) is 10.3 Å². The predicted octanol–water partition coefficient (Wildman–Crippen LogP) is 3.26. The molecule has 3 heteroatoms. The highest BCUT2D eigenvalue weighted by Crippen LogP contribution is 2.35. The highest BCUT2D eigenvalue weighted by molar-refractivity contribution is 5.28. The van der Waals surface area contributed by atoms with Crippen LogP contribution in [0.2, 0.25) is 0 Å². The van der Waals surface area contributed by atoms with Crippen LogP contribution in [0.4, 0.5) is 0 Å². The Hall–Kier alpha value is -0.900. The van der Waals surface area contributed by atoms with Crippen LogP contribution in [0.3, 0.4) is 0 Å². The third-order valence-electron chi connectivity index (χ3n) is 4.67. The molecule has 0 spiro atoms. The van der Waals surface area contributed by atoms with E-state index < -0.39 is 0 Å². The Morgan fingerprint density at radius 3 is 2.00 bits per heavy atom. The monoisotopic (exact) mass is 277 g/mol. The summed E-state index contributed by atoms with van der Waals surface area (Å²) in [5.41, 5.74) is 5.76. The van der Waals surface area contributed by atoms with Crippen molar-refractivity contribution in [2.75, 3.05) is 14.1 Å². The Labute approximate surface area is 124 Å². The largest absolute Gasteiger partial charge is 0.302 e. The van der Waals surface area contributed by atoms with Gasteiger partial charge < -0.3 is 4.90 Å². The average molecular weight is 277 g/mol. The van der Waals surface area contributed by atoms with E-state index in [0.717, 1.165) is 19.3 Å². The molecule has 1 rings (SSSR count). The Kier molecular flexibility index (Phi) is 6.66.